The summed E-state index contributed by atoms with van der Waals surface area (Å²) in [6.45, 7) is 3.23. The van der Waals surface area contributed by atoms with Gasteiger partial charge < -0.3 is 20.1 Å². The lowest BCUT2D eigenvalue weighted by Gasteiger charge is -2.24. The van der Waals surface area contributed by atoms with Crippen LogP contribution in [0.3, 0.4) is 0 Å². The van der Waals surface area contributed by atoms with Crippen molar-refractivity contribution in [1.82, 2.24) is 0 Å². The molecule has 4 nitrogen and oxygen atoms in total. The second kappa shape index (κ2) is 6.00. The molecule has 1 aromatic carbocycles. The molecule has 0 aromatic heterocycles. The van der Waals surface area contributed by atoms with Gasteiger partial charge >= 0.3 is 0 Å². The zero-order chi connectivity index (χ0) is 12.9. The zero-order valence-electron chi connectivity index (χ0n) is 10.3. The first kappa shape index (κ1) is 14.0. The lowest BCUT2D eigenvalue weighted by atomic mass is 10.0. The topological polar surface area (TPSA) is 69.9 Å². The van der Waals surface area contributed by atoms with Gasteiger partial charge in [-0.15, -0.1) is 0 Å². The van der Waals surface area contributed by atoms with Crippen LogP contribution in [0.5, 0.6) is 5.75 Å². The molecular formula is C13H20O4. The number of hydrogen-bond donors (Lipinski definition) is 3. The third-order valence-electron chi connectivity index (χ3n) is 2.55. The van der Waals surface area contributed by atoms with Gasteiger partial charge in [-0.05, 0) is 38.0 Å². The van der Waals surface area contributed by atoms with Crippen molar-refractivity contribution in [2.24, 2.45) is 0 Å². The van der Waals surface area contributed by atoms with Crippen molar-refractivity contribution in [3.63, 3.8) is 0 Å². The Labute approximate surface area is 101 Å². The van der Waals surface area contributed by atoms with E-state index in [-0.39, 0.29) is 13.2 Å². The Kier molecular flexibility index (Phi) is 4.93. The Hall–Kier alpha value is -1.10. The summed E-state index contributed by atoms with van der Waals surface area (Å²) in [5, 5.41) is 27.9. The van der Waals surface area contributed by atoms with Crippen molar-refractivity contribution < 1.29 is 20.1 Å². The largest absolute Gasteiger partial charge is 0.491 e. The van der Waals surface area contributed by atoms with E-state index in [1.807, 2.05) is 12.1 Å². The maximum atomic E-state index is 9.58. The average molecular weight is 240 g/mol. The molecule has 1 unspecified atom stereocenters. The molecule has 1 rings (SSSR count). The molecule has 17 heavy (non-hydrogen) atoms. The molecule has 0 radical (unpaired) electrons. The summed E-state index contributed by atoms with van der Waals surface area (Å²) >= 11 is 0. The molecule has 0 bridgehead atoms. The number of aliphatic hydroxyl groups excluding tert-OH is 2. The number of rotatable bonds is 6. The van der Waals surface area contributed by atoms with Crippen LogP contribution in [0, 0.1) is 0 Å². The van der Waals surface area contributed by atoms with Gasteiger partial charge in [-0.25, -0.2) is 0 Å². The van der Waals surface area contributed by atoms with Crippen LogP contribution in [0.4, 0.5) is 0 Å². The third-order valence-corrected chi connectivity index (χ3v) is 2.55. The monoisotopic (exact) mass is 240 g/mol. The second-order valence-electron chi connectivity index (χ2n) is 4.60. The minimum absolute atomic E-state index is 0.0445. The number of hydrogen-bond acceptors (Lipinski definition) is 4. The molecule has 96 valence electrons. The van der Waals surface area contributed by atoms with Crippen molar-refractivity contribution in [2.45, 2.75) is 32.0 Å². The number of benzene rings is 1. The maximum Gasteiger partial charge on any atom is 0.119 e. The summed E-state index contributed by atoms with van der Waals surface area (Å²) in [4.78, 5) is 0. The van der Waals surface area contributed by atoms with Gasteiger partial charge in [-0.3, -0.25) is 0 Å². The van der Waals surface area contributed by atoms with Crippen LogP contribution in [-0.2, 0) is 6.42 Å². The highest BCUT2D eigenvalue weighted by Gasteiger charge is 2.24. The van der Waals surface area contributed by atoms with Gasteiger partial charge in [0.05, 0.1) is 5.60 Å². The smallest absolute Gasteiger partial charge is 0.119 e. The average Bonchev–Trinajstić information content (AvgIpc) is 2.27. The molecule has 0 saturated carbocycles. The third kappa shape index (κ3) is 4.73. The van der Waals surface area contributed by atoms with E-state index in [1.165, 1.54) is 13.8 Å². The minimum Gasteiger partial charge on any atom is -0.491 e. The van der Waals surface area contributed by atoms with Crippen LogP contribution in [0.25, 0.3) is 0 Å². The highest BCUT2D eigenvalue weighted by molar-refractivity contribution is 5.27. The van der Waals surface area contributed by atoms with E-state index < -0.39 is 11.7 Å². The van der Waals surface area contributed by atoms with E-state index in [1.54, 1.807) is 12.1 Å². The van der Waals surface area contributed by atoms with Crippen LogP contribution in [0.15, 0.2) is 24.3 Å². The SMILES string of the molecule is CC(C)(O)C(O)COc1ccc(CCO)cc1. The van der Waals surface area contributed by atoms with E-state index in [4.69, 9.17) is 9.84 Å². The molecule has 0 amide bonds. The van der Waals surface area contributed by atoms with Gasteiger partial charge in [-0.1, -0.05) is 12.1 Å². The number of ether oxygens (including phenoxy) is 1. The summed E-state index contributed by atoms with van der Waals surface area (Å²) in [6.07, 6.45) is -0.313. The summed E-state index contributed by atoms with van der Waals surface area (Å²) < 4.78 is 5.35. The van der Waals surface area contributed by atoms with Crippen LogP contribution >= 0.6 is 0 Å². The Morgan fingerprint density at radius 3 is 2.29 bits per heavy atom. The van der Waals surface area contributed by atoms with E-state index in [2.05, 4.69) is 0 Å². The van der Waals surface area contributed by atoms with Crippen LogP contribution in [-0.4, -0.2) is 40.2 Å². The van der Waals surface area contributed by atoms with E-state index >= 15 is 0 Å². The molecule has 0 spiro atoms. The van der Waals surface area contributed by atoms with Crippen molar-refractivity contribution in [3.05, 3.63) is 29.8 Å². The fraction of sp³-hybridized carbons (Fsp3) is 0.538. The van der Waals surface area contributed by atoms with E-state index in [9.17, 15) is 10.2 Å². The minimum atomic E-state index is -1.17. The van der Waals surface area contributed by atoms with E-state index in [0.717, 1.165) is 5.56 Å². The molecule has 0 heterocycles. The van der Waals surface area contributed by atoms with Gasteiger partial charge in [0.25, 0.3) is 0 Å². The Balaban J connectivity index is 2.47. The fourth-order valence-corrected chi connectivity index (χ4v) is 1.26. The highest BCUT2D eigenvalue weighted by Crippen LogP contribution is 2.15. The van der Waals surface area contributed by atoms with Crippen LogP contribution < -0.4 is 4.74 Å². The Morgan fingerprint density at radius 2 is 1.82 bits per heavy atom. The van der Waals surface area contributed by atoms with Gasteiger partial charge in [-0.2, -0.15) is 0 Å². The van der Waals surface area contributed by atoms with Gasteiger partial charge in [0.1, 0.15) is 18.5 Å². The van der Waals surface area contributed by atoms with Crippen LogP contribution in [0.1, 0.15) is 19.4 Å². The first-order valence-corrected chi connectivity index (χ1v) is 5.66. The molecule has 0 fully saturated rings. The number of aliphatic hydroxyl groups is 3. The normalized spacial score (nSPS) is 13.5. The fourth-order valence-electron chi connectivity index (χ4n) is 1.26. The predicted octanol–water partition coefficient (Wildman–Crippen LogP) is 0.732. The standard InChI is InChI=1S/C13H20O4/c1-13(2,16)12(15)9-17-11-5-3-10(4-6-11)7-8-14/h3-6,12,14-16H,7-9H2,1-2H3. The van der Waals surface area contributed by atoms with Gasteiger partial charge in [0, 0.05) is 6.61 Å². The summed E-state index contributed by atoms with van der Waals surface area (Å²) in [7, 11) is 0. The summed E-state index contributed by atoms with van der Waals surface area (Å²) in [6, 6.07) is 7.29. The molecule has 0 aliphatic carbocycles. The Morgan fingerprint density at radius 1 is 1.24 bits per heavy atom. The maximum absolute atomic E-state index is 9.58. The predicted molar refractivity (Wildman–Crippen MR) is 65.0 cm³/mol. The quantitative estimate of drug-likeness (QED) is 0.685. The first-order chi connectivity index (χ1) is 7.93. The molecule has 0 saturated heterocycles. The summed E-state index contributed by atoms with van der Waals surface area (Å²) in [5.74, 6) is 0.634. The molecule has 3 N–H and O–H groups in total. The van der Waals surface area contributed by atoms with Gasteiger partial charge in [0.15, 0.2) is 0 Å². The molecule has 0 aliphatic rings. The van der Waals surface area contributed by atoms with E-state index in [0.29, 0.717) is 12.2 Å². The second-order valence-corrected chi connectivity index (χ2v) is 4.60. The molecular weight excluding hydrogens is 220 g/mol. The molecule has 1 atom stereocenters. The summed E-state index contributed by atoms with van der Waals surface area (Å²) in [5.41, 5.74) is -0.139. The molecule has 0 aliphatic heterocycles. The first-order valence-electron chi connectivity index (χ1n) is 5.66. The van der Waals surface area contributed by atoms with Crippen LogP contribution in [0.2, 0.25) is 0 Å². The lowest BCUT2D eigenvalue weighted by Crippen LogP contribution is -2.40. The van der Waals surface area contributed by atoms with Gasteiger partial charge in [0.2, 0.25) is 0 Å². The highest BCUT2D eigenvalue weighted by atomic mass is 16.5. The zero-order valence-corrected chi connectivity index (χ0v) is 10.3. The molecule has 4 heteroatoms. The lowest BCUT2D eigenvalue weighted by molar-refractivity contribution is -0.0661. The van der Waals surface area contributed by atoms with Crippen molar-refractivity contribution in [3.8, 4) is 5.75 Å². The Bertz CT molecular complexity index is 326. The molecule has 1 aromatic rings. The van der Waals surface area contributed by atoms with Crippen molar-refractivity contribution >= 4 is 0 Å². The van der Waals surface area contributed by atoms with Crippen molar-refractivity contribution in [1.29, 1.82) is 0 Å². The van der Waals surface area contributed by atoms with Crippen molar-refractivity contribution in [2.75, 3.05) is 13.2 Å².